The number of piperazine rings is 1. The molecule has 6 heteroatoms. The largest absolute Gasteiger partial charge is 0.444 e. The molecule has 0 bridgehead atoms. The second-order valence-corrected chi connectivity index (χ2v) is 6.38. The van der Waals surface area contributed by atoms with Gasteiger partial charge in [-0.3, -0.25) is 5.10 Å². The van der Waals surface area contributed by atoms with Crippen LogP contribution in [0.4, 0.5) is 10.6 Å². The lowest BCUT2D eigenvalue weighted by Gasteiger charge is -2.40. The maximum atomic E-state index is 12.1. The average Bonchev–Trinajstić information content (AvgIpc) is 2.73. The van der Waals surface area contributed by atoms with Crippen LogP contribution >= 0.6 is 0 Å². The third-order valence-corrected chi connectivity index (χ3v) is 3.27. The van der Waals surface area contributed by atoms with Gasteiger partial charge in [0.15, 0.2) is 5.82 Å². The smallest absolute Gasteiger partial charge is 0.410 e. The molecular weight excluding hydrogens is 256 g/mol. The number of carbonyl (C=O) groups is 1. The summed E-state index contributed by atoms with van der Waals surface area (Å²) in [5.74, 6) is 0.943. The quantitative estimate of drug-likeness (QED) is 0.856. The number of rotatable bonds is 1. The molecule has 6 nitrogen and oxygen atoms in total. The number of nitrogens with one attached hydrogen (secondary N) is 1. The van der Waals surface area contributed by atoms with Crippen LogP contribution in [0.3, 0.4) is 0 Å². The lowest BCUT2D eigenvalue weighted by Crippen LogP contribution is -2.54. The van der Waals surface area contributed by atoms with E-state index in [4.69, 9.17) is 4.74 Å². The number of carbonyl (C=O) groups excluding carboxylic acids is 1. The lowest BCUT2D eigenvalue weighted by atomic mass is 10.2. The van der Waals surface area contributed by atoms with Crippen molar-refractivity contribution in [3.8, 4) is 0 Å². The van der Waals surface area contributed by atoms with Gasteiger partial charge in [-0.05, 0) is 34.6 Å². The molecule has 1 atom stereocenters. The van der Waals surface area contributed by atoms with Crippen molar-refractivity contribution >= 4 is 11.9 Å². The maximum Gasteiger partial charge on any atom is 0.410 e. The molecule has 0 unspecified atom stereocenters. The Labute approximate surface area is 120 Å². The number of aromatic nitrogens is 2. The number of ether oxygens (including phenoxy) is 1. The number of aryl methyl sites for hydroxylation is 1. The molecule has 2 heterocycles. The van der Waals surface area contributed by atoms with Crippen molar-refractivity contribution in [2.24, 2.45) is 0 Å². The van der Waals surface area contributed by atoms with Gasteiger partial charge in [0, 0.05) is 37.4 Å². The maximum absolute atomic E-state index is 12.1. The fraction of sp³-hybridized carbons (Fsp3) is 0.714. The number of nitrogens with zero attached hydrogens (tertiary/aromatic N) is 3. The molecule has 1 fully saturated rings. The highest BCUT2D eigenvalue weighted by atomic mass is 16.6. The Morgan fingerprint density at radius 1 is 1.45 bits per heavy atom. The Kier molecular flexibility index (Phi) is 3.92. The van der Waals surface area contributed by atoms with Crippen molar-refractivity contribution < 1.29 is 9.53 Å². The molecule has 0 aromatic carbocycles. The molecular formula is C14H24N4O2. The van der Waals surface area contributed by atoms with Gasteiger partial charge < -0.3 is 14.5 Å². The zero-order chi connectivity index (χ0) is 14.9. The molecule has 20 heavy (non-hydrogen) atoms. The van der Waals surface area contributed by atoms with Crippen LogP contribution in [-0.4, -0.2) is 52.5 Å². The zero-order valence-electron chi connectivity index (χ0n) is 12.9. The minimum absolute atomic E-state index is 0.221. The Morgan fingerprint density at radius 3 is 2.65 bits per heavy atom. The number of H-pyrrole nitrogens is 1. The van der Waals surface area contributed by atoms with Crippen molar-refractivity contribution in [2.45, 2.75) is 46.3 Å². The van der Waals surface area contributed by atoms with Gasteiger partial charge in [0.25, 0.3) is 0 Å². The third-order valence-electron chi connectivity index (χ3n) is 3.27. The fourth-order valence-corrected chi connectivity index (χ4v) is 2.34. The Bertz CT molecular complexity index is 478. The van der Waals surface area contributed by atoms with E-state index < -0.39 is 5.60 Å². The standard InChI is InChI=1S/C14H24N4O2/c1-10-8-12(16-15-10)18-7-6-17(9-11(18)2)13(19)20-14(3,4)5/h8,11H,6-7,9H2,1-5H3,(H,15,16)/t11-/m0/s1. The molecule has 0 radical (unpaired) electrons. The van der Waals surface area contributed by atoms with Gasteiger partial charge in [0.05, 0.1) is 0 Å². The van der Waals surface area contributed by atoms with Gasteiger partial charge in [-0.1, -0.05) is 0 Å². The van der Waals surface area contributed by atoms with Crippen LogP contribution in [0.5, 0.6) is 0 Å². The number of amides is 1. The van der Waals surface area contributed by atoms with E-state index in [1.165, 1.54) is 0 Å². The van der Waals surface area contributed by atoms with Crippen molar-refractivity contribution in [2.75, 3.05) is 24.5 Å². The summed E-state index contributed by atoms with van der Waals surface area (Å²) in [6.45, 7) is 11.8. The van der Waals surface area contributed by atoms with E-state index in [2.05, 4.69) is 22.0 Å². The van der Waals surface area contributed by atoms with Gasteiger partial charge in [0.2, 0.25) is 0 Å². The van der Waals surface area contributed by atoms with E-state index >= 15 is 0 Å². The summed E-state index contributed by atoms with van der Waals surface area (Å²) in [7, 11) is 0. The van der Waals surface area contributed by atoms with Crippen LogP contribution in [-0.2, 0) is 4.74 Å². The van der Waals surface area contributed by atoms with E-state index in [1.807, 2.05) is 33.8 Å². The first-order chi connectivity index (χ1) is 9.26. The fourth-order valence-electron chi connectivity index (χ4n) is 2.34. The second kappa shape index (κ2) is 5.34. The van der Waals surface area contributed by atoms with Gasteiger partial charge in [-0.2, -0.15) is 5.10 Å². The molecule has 2 rings (SSSR count). The number of hydrogen-bond acceptors (Lipinski definition) is 4. The molecule has 1 amide bonds. The van der Waals surface area contributed by atoms with Crippen molar-refractivity contribution in [1.29, 1.82) is 0 Å². The van der Waals surface area contributed by atoms with E-state index in [1.54, 1.807) is 4.90 Å². The highest BCUT2D eigenvalue weighted by Crippen LogP contribution is 2.20. The van der Waals surface area contributed by atoms with Crippen LogP contribution in [0, 0.1) is 6.92 Å². The van der Waals surface area contributed by atoms with E-state index in [0.29, 0.717) is 13.1 Å². The minimum atomic E-state index is -0.448. The highest BCUT2D eigenvalue weighted by Gasteiger charge is 2.30. The van der Waals surface area contributed by atoms with Gasteiger partial charge in [0.1, 0.15) is 5.60 Å². The van der Waals surface area contributed by atoms with Gasteiger partial charge in [-0.25, -0.2) is 4.79 Å². The van der Waals surface area contributed by atoms with E-state index in [-0.39, 0.29) is 12.1 Å². The zero-order valence-corrected chi connectivity index (χ0v) is 12.9. The summed E-state index contributed by atoms with van der Waals surface area (Å²) in [4.78, 5) is 16.1. The summed E-state index contributed by atoms with van der Waals surface area (Å²) in [5, 5.41) is 7.24. The molecule has 112 valence electrons. The number of hydrogen-bond donors (Lipinski definition) is 1. The predicted octanol–water partition coefficient (Wildman–Crippen LogP) is 2.16. The summed E-state index contributed by atoms with van der Waals surface area (Å²) in [6, 6.07) is 2.25. The topological polar surface area (TPSA) is 61.5 Å². The van der Waals surface area contributed by atoms with Crippen molar-refractivity contribution in [1.82, 2.24) is 15.1 Å². The summed E-state index contributed by atoms with van der Waals surface area (Å²) >= 11 is 0. The first-order valence-corrected chi connectivity index (χ1v) is 7.03. The molecule has 1 saturated heterocycles. The molecule has 1 aliphatic rings. The van der Waals surface area contributed by atoms with Gasteiger partial charge >= 0.3 is 6.09 Å². The normalized spacial score (nSPS) is 20.1. The average molecular weight is 280 g/mol. The van der Waals surface area contributed by atoms with E-state index in [0.717, 1.165) is 18.1 Å². The molecule has 1 aromatic heterocycles. The SMILES string of the molecule is Cc1cc(N2CCN(C(=O)OC(C)(C)C)C[C@@H]2C)n[nH]1. The molecule has 0 spiro atoms. The van der Waals surface area contributed by atoms with Gasteiger partial charge in [-0.15, -0.1) is 0 Å². The predicted molar refractivity (Wildman–Crippen MR) is 77.9 cm³/mol. The molecule has 1 aliphatic heterocycles. The summed E-state index contributed by atoms with van der Waals surface area (Å²) in [5.41, 5.74) is 0.596. The molecule has 1 aromatic rings. The van der Waals surface area contributed by atoms with Crippen LogP contribution in [0.25, 0.3) is 0 Å². The third kappa shape index (κ3) is 3.43. The second-order valence-electron chi connectivity index (χ2n) is 6.38. The molecule has 0 aliphatic carbocycles. The van der Waals surface area contributed by atoms with Crippen LogP contribution in [0.15, 0.2) is 6.07 Å². The first kappa shape index (κ1) is 14.7. The number of aromatic amines is 1. The van der Waals surface area contributed by atoms with E-state index in [9.17, 15) is 4.79 Å². The van der Waals surface area contributed by atoms with Crippen LogP contribution < -0.4 is 4.90 Å². The highest BCUT2D eigenvalue weighted by molar-refractivity contribution is 5.68. The molecule has 0 saturated carbocycles. The van der Waals surface area contributed by atoms with Crippen molar-refractivity contribution in [3.05, 3.63) is 11.8 Å². The molecule has 1 N–H and O–H groups in total. The Morgan fingerprint density at radius 2 is 2.15 bits per heavy atom. The monoisotopic (exact) mass is 280 g/mol. The lowest BCUT2D eigenvalue weighted by molar-refractivity contribution is 0.0218. The van der Waals surface area contributed by atoms with Crippen molar-refractivity contribution in [3.63, 3.8) is 0 Å². The van der Waals surface area contributed by atoms with Crippen LogP contribution in [0.1, 0.15) is 33.4 Å². The minimum Gasteiger partial charge on any atom is -0.444 e. The van der Waals surface area contributed by atoms with Crippen LogP contribution in [0.2, 0.25) is 0 Å². The Balaban J connectivity index is 1.97. The first-order valence-electron chi connectivity index (χ1n) is 7.03. The number of anilines is 1. The Hall–Kier alpha value is -1.72. The summed E-state index contributed by atoms with van der Waals surface area (Å²) in [6.07, 6.45) is -0.234. The summed E-state index contributed by atoms with van der Waals surface area (Å²) < 4.78 is 5.42.